The van der Waals surface area contributed by atoms with Gasteiger partial charge in [-0.1, -0.05) is 70.4 Å². The van der Waals surface area contributed by atoms with Gasteiger partial charge in [-0.3, -0.25) is 9.59 Å². The molecule has 0 aromatic carbocycles. The first-order valence-electron chi connectivity index (χ1n) is 11.4. The molecule has 170 valence electrons. The molecule has 0 aliphatic rings. The molecule has 1 unspecified atom stereocenters. The third-order valence-electron chi connectivity index (χ3n) is 4.95. The molecule has 0 aliphatic heterocycles. The van der Waals surface area contributed by atoms with Crippen LogP contribution in [0.25, 0.3) is 0 Å². The zero-order chi connectivity index (χ0) is 21.7. The molecule has 0 radical (unpaired) electrons. The van der Waals surface area contributed by atoms with Crippen molar-refractivity contribution >= 4 is 17.8 Å². The van der Waals surface area contributed by atoms with Crippen molar-refractivity contribution in [1.82, 2.24) is 5.32 Å². The van der Waals surface area contributed by atoms with E-state index in [4.69, 9.17) is 10.2 Å². The van der Waals surface area contributed by atoms with Gasteiger partial charge >= 0.3 is 41.5 Å². The van der Waals surface area contributed by atoms with Crippen LogP contribution < -0.4 is 34.9 Å². The predicted molar refractivity (Wildman–Crippen MR) is 117 cm³/mol. The number of carboxylic acid groups (broad SMARTS) is 2. The summed E-state index contributed by atoms with van der Waals surface area (Å²) in [6, 6.07) is -1.12. The van der Waals surface area contributed by atoms with Crippen LogP contribution in [0.5, 0.6) is 0 Å². The topological polar surface area (TPSA) is 104 Å². The van der Waals surface area contributed by atoms with E-state index in [-0.39, 0.29) is 56.2 Å². The molecule has 0 aromatic heterocycles. The molecule has 1 amide bonds. The SMILES string of the molecule is CCCCCCCC/C=C\CCCCCCCC(=O)NC(CCC(=O)O)C(=O)O.[H-].[Na+]. The Kier molecular flexibility index (Phi) is 23.8. The number of hydrogen-bond acceptors (Lipinski definition) is 3. The molecule has 0 saturated carbocycles. The number of carbonyl (C=O) groups is 3. The van der Waals surface area contributed by atoms with E-state index in [9.17, 15) is 14.4 Å². The van der Waals surface area contributed by atoms with Gasteiger partial charge in [-0.2, -0.15) is 0 Å². The Morgan fingerprint density at radius 2 is 1.30 bits per heavy atom. The molecular formula is C23H42NNaO5. The average molecular weight is 436 g/mol. The Bertz CT molecular complexity index is 489. The summed E-state index contributed by atoms with van der Waals surface area (Å²) in [6.45, 7) is 2.24. The van der Waals surface area contributed by atoms with E-state index in [0.29, 0.717) is 0 Å². The summed E-state index contributed by atoms with van der Waals surface area (Å²) < 4.78 is 0. The molecule has 0 bridgehead atoms. The molecule has 0 aromatic rings. The maximum atomic E-state index is 11.8. The molecule has 1 atom stereocenters. The summed E-state index contributed by atoms with van der Waals surface area (Å²) in [5, 5.41) is 20.1. The minimum atomic E-state index is -1.19. The van der Waals surface area contributed by atoms with Crippen LogP contribution >= 0.6 is 0 Å². The fourth-order valence-electron chi connectivity index (χ4n) is 3.15. The van der Waals surface area contributed by atoms with Gasteiger partial charge in [0.25, 0.3) is 0 Å². The smallest absolute Gasteiger partial charge is 1.00 e. The molecule has 0 spiro atoms. The van der Waals surface area contributed by atoms with Gasteiger partial charge in [0.15, 0.2) is 0 Å². The molecule has 0 aliphatic carbocycles. The molecule has 0 rings (SSSR count). The van der Waals surface area contributed by atoms with Gasteiger partial charge < -0.3 is 17.0 Å². The second-order valence-electron chi connectivity index (χ2n) is 7.73. The summed E-state index contributed by atoms with van der Waals surface area (Å²) in [6.07, 6.45) is 19.9. The van der Waals surface area contributed by atoms with Gasteiger partial charge in [0, 0.05) is 12.8 Å². The Labute approximate surface area is 206 Å². The van der Waals surface area contributed by atoms with Crippen molar-refractivity contribution in [3.63, 3.8) is 0 Å². The minimum Gasteiger partial charge on any atom is -1.00 e. The number of allylic oxidation sites excluding steroid dienone is 2. The number of aliphatic carboxylic acids is 2. The third-order valence-corrected chi connectivity index (χ3v) is 4.95. The summed E-state index contributed by atoms with van der Waals surface area (Å²) in [7, 11) is 0. The number of amides is 1. The first-order valence-corrected chi connectivity index (χ1v) is 11.4. The van der Waals surface area contributed by atoms with E-state index in [0.717, 1.165) is 38.5 Å². The van der Waals surface area contributed by atoms with Crippen molar-refractivity contribution < 1.29 is 55.6 Å². The number of carboxylic acids is 2. The van der Waals surface area contributed by atoms with Gasteiger partial charge in [0.05, 0.1) is 0 Å². The molecule has 7 heteroatoms. The fraction of sp³-hybridized carbons (Fsp3) is 0.783. The Balaban J connectivity index is -0.00000392. The maximum absolute atomic E-state index is 11.8. The van der Waals surface area contributed by atoms with Crippen molar-refractivity contribution in [3.05, 3.63) is 12.2 Å². The normalized spacial score (nSPS) is 11.8. The van der Waals surface area contributed by atoms with Crippen LogP contribution in [0.2, 0.25) is 0 Å². The number of hydrogen-bond donors (Lipinski definition) is 3. The van der Waals surface area contributed by atoms with E-state index < -0.39 is 18.0 Å². The van der Waals surface area contributed by atoms with Crippen LogP contribution in [0.3, 0.4) is 0 Å². The molecule has 0 saturated heterocycles. The monoisotopic (exact) mass is 435 g/mol. The van der Waals surface area contributed by atoms with Crippen LogP contribution in [0.4, 0.5) is 0 Å². The van der Waals surface area contributed by atoms with Crippen molar-refractivity contribution in [2.24, 2.45) is 0 Å². The van der Waals surface area contributed by atoms with Crippen LogP contribution in [-0.4, -0.2) is 34.1 Å². The number of nitrogens with one attached hydrogen (secondary N) is 1. The quantitative estimate of drug-likeness (QED) is 0.155. The number of unbranched alkanes of at least 4 members (excludes halogenated alkanes) is 11. The van der Waals surface area contributed by atoms with Gasteiger partial charge in [-0.05, 0) is 38.5 Å². The van der Waals surface area contributed by atoms with Crippen molar-refractivity contribution in [2.45, 2.75) is 116 Å². The van der Waals surface area contributed by atoms with Crippen LogP contribution in [0.1, 0.15) is 111 Å². The van der Waals surface area contributed by atoms with E-state index in [1.165, 1.54) is 44.9 Å². The minimum absolute atomic E-state index is 0. The zero-order valence-electron chi connectivity index (χ0n) is 20.2. The van der Waals surface area contributed by atoms with E-state index in [2.05, 4.69) is 24.4 Å². The third kappa shape index (κ3) is 21.8. The molecule has 0 heterocycles. The second kappa shape index (κ2) is 22.8. The number of rotatable bonds is 20. The fourth-order valence-corrected chi connectivity index (χ4v) is 3.15. The molecule has 6 nitrogen and oxygen atoms in total. The van der Waals surface area contributed by atoms with E-state index >= 15 is 0 Å². The molecule has 3 N–H and O–H groups in total. The molecule has 30 heavy (non-hydrogen) atoms. The average Bonchev–Trinajstić information content (AvgIpc) is 2.67. The Morgan fingerprint density at radius 1 is 0.800 bits per heavy atom. The first-order chi connectivity index (χ1) is 14.0. The van der Waals surface area contributed by atoms with Crippen LogP contribution in [0.15, 0.2) is 12.2 Å². The van der Waals surface area contributed by atoms with E-state index in [1.54, 1.807) is 0 Å². The first kappa shape index (κ1) is 31.3. The van der Waals surface area contributed by atoms with Gasteiger partial charge in [-0.25, -0.2) is 4.79 Å². The van der Waals surface area contributed by atoms with Gasteiger partial charge in [-0.15, -0.1) is 0 Å². The Morgan fingerprint density at radius 3 is 1.80 bits per heavy atom. The second-order valence-corrected chi connectivity index (χ2v) is 7.73. The maximum Gasteiger partial charge on any atom is 1.00 e. The summed E-state index contributed by atoms with van der Waals surface area (Å²) in [4.78, 5) is 33.4. The predicted octanol–water partition coefficient (Wildman–Crippen LogP) is 2.57. The molecular weight excluding hydrogens is 393 g/mol. The largest absolute Gasteiger partial charge is 1.00 e. The van der Waals surface area contributed by atoms with Gasteiger partial charge in [0.1, 0.15) is 6.04 Å². The zero-order valence-corrected chi connectivity index (χ0v) is 21.2. The summed E-state index contributed by atoms with van der Waals surface area (Å²) in [5.74, 6) is -2.58. The summed E-state index contributed by atoms with van der Waals surface area (Å²) in [5.41, 5.74) is 0. The molecule has 0 fully saturated rings. The van der Waals surface area contributed by atoms with Crippen molar-refractivity contribution in [3.8, 4) is 0 Å². The van der Waals surface area contributed by atoms with Gasteiger partial charge in [0.2, 0.25) is 5.91 Å². The summed E-state index contributed by atoms with van der Waals surface area (Å²) >= 11 is 0. The number of carbonyl (C=O) groups excluding carboxylic acids is 1. The van der Waals surface area contributed by atoms with Crippen LogP contribution in [0, 0.1) is 0 Å². The van der Waals surface area contributed by atoms with Crippen LogP contribution in [-0.2, 0) is 14.4 Å². The standard InChI is InChI=1S/C23H41NO5.Na.H/c1-2-3-4-5-6-7-8-9-10-11-12-13-14-15-16-17-21(25)24-20(23(28)29)18-19-22(26)27;;/h9-10,20H,2-8,11-19H2,1H3,(H,24,25)(H,26,27)(H,28,29);;/q;+1;-1/b10-9-;;. The van der Waals surface area contributed by atoms with E-state index in [1.807, 2.05) is 0 Å². The van der Waals surface area contributed by atoms with Crippen molar-refractivity contribution in [2.75, 3.05) is 0 Å². The van der Waals surface area contributed by atoms with Crippen molar-refractivity contribution in [1.29, 1.82) is 0 Å². The Hall–Kier alpha value is -0.850.